The monoisotopic (exact) mass is 580 g/mol. The van der Waals surface area contributed by atoms with E-state index in [-0.39, 0.29) is 17.4 Å². The zero-order valence-electron chi connectivity index (χ0n) is 12.9. The van der Waals surface area contributed by atoms with Gasteiger partial charge in [0.2, 0.25) is 11.9 Å². The normalized spacial score (nSPS) is 23.8. The van der Waals surface area contributed by atoms with Crippen LogP contribution in [-0.4, -0.2) is 27.7 Å². The molecule has 2 aliphatic heterocycles. The van der Waals surface area contributed by atoms with Crippen LogP contribution >= 0.6 is 56.9 Å². The molecule has 1 unspecified atom stereocenters. The number of carbonyl (C=O) groups excluding carboxylic acids is 1. The number of nitriles is 1. The maximum absolute atomic E-state index is 13.6. The summed E-state index contributed by atoms with van der Waals surface area (Å²) in [5.74, 6) is -0.456. The first-order chi connectivity index (χ1) is 11.8. The Morgan fingerprint density at radius 2 is 2.24 bits per heavy atom. The number of allylic oxidation sites excluding steroid dienone is 2. The van der Waals surface area contributed by atoms with Gasteiger partial charge >= 0.3 is 0 Å². The summed E-state index contributed by atoms with van der Waals surface area (Å²) in [5, 5.41) is 9.03. The lowest BCUT2D eigenvalue weighted by molar-refractivity contribution is -0.125. The van der Waals surface area contributed by atoms with E-state index < -0.39 is 9.74 Å². The molecule has 3 rings (SSSR count). The number of carbonyl (C=O) groups is 1. The van der Waals surface area contributed by atoms with Gasteiger partial charge < -0.3 is 5.73 Å². The number of halogens is 3. The number of alkyl halides is 1. The Kier molecular flexibility index (Phi) is 5.40. The van der Waals surface area contributed by atoms with Crippen LogP contribution in [0.2, 0.25) is 0 Å². The highest BCUT2D eigenvalue weighted by Gasteiger charge is 2.34. The molecule has 9 heteroatoms. The summed E-state index contributed by atoms with van der Waals surface area (Å²) in [6, 6.07) is 6.38. The molecule has 1 atom stereocenters. The standard InChI is InChI=1S/C16H11FI2N4OS/c1-23-15(24)12(18)13(22-16(23)21)11-5-9(14(19)25-11)7-2-3-10(17)8(4-7)6-20/h2-4,12H,5H2,1H3,(H2,21,22)/b13-11+. The molecule has 2 heterocycles. The highest BCUT2D eigenvalue weighted by molar-refractivity contribution is 14.1. The molecule has 0 saturated carbocycles. The lowest BCUT2D eigenvalue weighted by Crippen LogP contribution is -2.46. The van der Waals surface area contributed by atoms with Crippen molar-refractivity contribution in [3.8, 4) is 6.07 Å². The van der Waals surface area contributed by atoms with Crippen LogP contribution in [0, 0.1) is 17.1 Å². The zero-order valence-corrected chi connectivity index (χ0v) is 18.0. The summed E-state index contributed by atoms with van der Waals surface area (Å²) >= 11 is 5.82. The molecule has 25 heavy (non-hydrogen) atoms. The fourth-order valence-electron chi connectivity index (χ4n) is 2.45. The minimum Gasteiger partial charge on any atom is -0.369 e. The average molecular weight is 580 g/mol. The van der Waals surface area contributed by atoms with Gasteiger partial charge in [0.1, 0.15) is 15.8 Å². The summed E-state index contributed by atoms with van der Waals surface area (Å²) in [5.41, 5.74) is 8.31. The number of hydrogen-bond donors (Lipinski definition) is 1. The predicted molar refractivity (Wildman–Crippen MR) is 113 cm³/mol. The van der Waals surface area contributed by atoms with Crippen molar-refractivity contribution < 1.29 is 9.18 Å². The van der Waals surface area contributed by atoms with E-state index in [4.69, 9.17) is 11.0 Å². The lowest BCUT2D eigenvalue weighted by Gasteiger charge is -2.26. The molecule has 0 saturated heterocycles. The third-order valence-electron chi connectivity index (χ3n) is 3.87. The van der Waals surface area contributed by atoms with Gasteiger partial charge in [0.05, 0.1) is 14.2 Å². The van der Waals surface area contributed by atoms with E-state index in [0.29, 0.717) is 12.1 Å². The Bertz CT molecular complexity index is 919. The van der Waals surface area contributed by atoms with E-state index in [1.165, 1.54) is 22.7 Å². The summed E-state index contributed by atoms with van der Waals surface area (Å²) in [6.45, 7) is 0. The maximum atomic E-state index is 13.6. The van der Waals surface area contributed by atoms with E-state index in [1.54, 1.807) is 19.2 Å². The van der Waals surface area contributed by atoms with Crippen LogP contribution in [0.4, 0.5) is 4.39 Å². The second-order valence-corrected chi connectivity index (χ2v) is 9.54. The smallest absolute Gasteiger partial charge is 0.248 e. The molecule has 1 aromatic carbocycles. The van der Waals surface area contributed by atoms with E-state index in [0.717, 1.165) is 19.0 Å². The number of benzene rings is 1. The second kappa shape index (κ2) is 7.24. The number of nitrogens with zero attached hydrogens (tertiary/aromatic N) is 3. The van der Waals surface area contributed by atoms with E-state index in [2.05, 4.69) is 50.2 Å². The minimum atomic E-state index is -0.531. The Balaban J connectivity index is 2.00. The molecule has 5 nitrogen and oxygen atoms in total. The number of thioether (sulfide) groups is 1. The van der Waals surface area contributed by atoms with Crippen molar-refractivity contribution in [2.24, 2.45) is 10.7 Å². The van der Waals surface area contributed by atoms with Crippen LogP contribution in [0.5, 0.6) is 0 Å². The predicted octanol–water partition coefficient (Wildman–Crippen LogP) is 3.74. The lowest BCUT2D eigenvalue weighted by atomic mass is 10.0. The second-order valence-electron chi connectivity index (χ2n) is 5.38. The van der Waals surface area contributed by atoms with Gasteiger partial charge in [0.25, 0.3) is 0 Å². The van der Waals surface area contributed by atoms with Gasteiger partial charge in [-0.05, 0) is 45.9 Å². The first kappa shape index (κ1) is 18.7. The largest absolute Gasteiger partial charge is 0.369 e. The first-order valence-corrected chi connectivity index (χ1v) is 10.2. The van der Waals surface area contributed by atoms with Gasteiger partial charge in [-0.15, -0.1) is 0 Å². The highest BCUT2D eigenvalue weighted by atomic mass is 127. The molecule has 128 valence electrons. The van der Waals surface area contributed by atoms with E-state index in [1.807, 2.05) is 6.07 Å². The third-order valence-corrected chi connectivity index (χ3v) is 7.33. The molecule has 0 aromatic heterocycles. The highest BCUT2D eigenvalue weighted by Crippen LogP contribution is 2.51. The van der Waals surface area contributed by atoms with Crippen LogP contribution < -0.4 is 5.73 Å². The molecule has 1 aromatic rings. The number of amides is 1. The van der Waals surface area contributed by atoms with E-state index >= 15 is 0 Å². The Morgan fingerprint density at radius 3 is 2.92 bits per heavy atom. The first-order valence-electron chi connectivity index (χ1n) is 7.08. The van der Waals surface area contributed by atoms with Crippen molar-refractivity contribution in [1.82, 2.24) is 4.90 Å². The number of hydrogen-bond acceptors (Lipinski definition) is 5. The van der Waals surface area contributed by atoms with Gasteiger partial charge in [-0.1, -0.05) is 40.4 Å². The zero-order chi connectivity index (χ0) is 18.3. The van der Waals surface area contributed by atoms with Crippen molar-refractivity contribution in [2.45, 2.75) is 10.3 Å². The Labute approximate surface area is 175 Å². The fourth-order valence-corrected chi connectivity index (χ4v) is 5.91. The molecule has 1 amide bonds. The van der Waals surface area contributed by atoms with Crippen molar-refractivity contribution in [1.29, 1.82) is 5.26 Å². The third kappa shape index (κ3) is 3.43. The number of nitrogens with two attached hydrogens (primary N) is 1. The molecular weight excluding hydrogens is 569 g/mol. The van der Waals surface area contributed by atoms with Crippen molar-refractivity contribution in [2.75, 3.05) is 7.05 Å². The van der Waals surface area contributed by atoms with Crippen LogP contribution in [-0.2, 0) is 4.79 Å². The molecule has 0 fully saturated rings. The summed E-state index contributed by atoms with van der Waals surface area (Å²) in [7, 11) is 1.60. The summed E-state index contributed by atoms with van der Waals surface area (Å²) < 4.78 is 14.2. The fraction of sp³-hybridized carbons (Fsp3) is 0.188. The quantitative estimate of drug-likeness (QED) is 0.406. The van der Waals surface area contributed by atoms with Crippen molar-refractivity contribution >= 4 is 74.4 Å². The molecule has 2 N–H and O–H groups in total. The maximum Gasteiger partial charge on any atom is 0.248 e. The minimum absolute atomic E-state index is 0.0174. The Hall–Kier alpha value is -1.13. The molecule has 0 radical (unpaired) electrons. The van der Waals surface area contributed by atoms with Crippen LogP contribution in [0.3, 0.4) is 0 Å². The topological polar surface area (TPSA) is 82.5 Å². The summed E-state index contributed by atoms with van der Waals surface area (Å²) in [4.78, 5) is 19.0. The van der Waals surface area contributed by atoms with Gasteiger partial charge in [0.15, 0.2) is 0 Å². The Morgan fingerprint density at radius 1 is 1.52 bits per heavy atom. The van der Waals surface area contributed by atoms with Crippen LogP contribution in [0.1, 0.15) is 17.5 Å². The van der Waals surface area contributed by atoms with Gasteiger partial charge in [-0.25, -0.2) is 9.38 Å². The summed E-state index contributed by atoms with van der Waals surface area (Å²) in [6.07, 6.45) is 0.571. The van der Waals surface area contributed by atoms with Crippen LogP contribution in [0.15, 0.2) is 36.7 Å². The van der Waals surface area contributed by atoms with Crippen molar-refractivity contribution in [3.05, 3.63) is 48.7 Å². The van der Waals surface area contributed by atoms with Gasteiger partial charge in [-0.2, -0.15) is 5.26 Å². The molecule has 0 bridgehead atoms. The number of aliphatic imine (C=N–C) groups is 1. The number of rotatable bonds is 1. The van der Waals surface area contributed by atoms with Gasteiger partial charge in [0, 0.05) is 18.4 Å². The molecule has 0 aliphatic carbocycles. The average Bonchev–Trinajstić information content (AvgIpc) is 2.98. The van der Waals surface area contributed by atoms with Crippen LogP contribution in [0.25, 0.3) is 5.57 Å². The number of guanidine groups is 1. The molecular formula is C16H11FI2N4OS. The van der Waals surface area contributed by atoms with E-state index in [9.17, 15) is 9.18 Å². The SMILES string of the molecule is CN1C(=O)C(I)/C(=C2/CC(c3ccc(F)c(C#N)c3)=C(I)S2)N=C1N. The molecule has 0 spiro atoms. The van der Waals surface area contributed by atoms with Crippen molar-refractivity contribution in [3.63, 3.8) is 0 Å². The van der Waals surface area contributed by atoms with Gasteiger partial charge in [-0.3, -0.25) is 9.69 Å². The molecule has 2 aliphatic rings.